The Labute approximate surface area is 171 Å². The monoisotopic (exact) mass is 438 g/mol. The number of carbonyl (C=O) groups excluding carboxylic acids is 1. The molecular weight excluding hydrogens is 423 g/mol. The summed E-state index contributed by atoms with van der Waals surface area (Å²) in [5.41, 5.74) is 2.98. The van der Waals surface area contributed by atoms with Crippen molar-refractivity contribution < 1.29 is 17.6 Å². The van der Waals surface area contributed by atoms with E-state index in [1.54, 1.807) is 11.3 Å². The average molecular weight is 439 g/mol. The van der Waals surface area contributed by atoms with Crippen LogP contribution in [0.25, 0.3) is 11.1 Å². The van der Waals surface area contributed by atoms with Crippen LogP contribution < -0.4 is 10.0 Å². The quantitative estimate of drug-likeness (QED) is 0.589. The molecule has 1 aromatic heterocycles. The van der Waals surface area contributed by atoms with Crippen molar-refractivity contribution in [1.29, 1.82) is 0 Å². The van der Waals surface area contributed by atoms with E-state index in [1.165, 1.54) is 0 Å². The Bertz CT molecular complexity index is 1090. The largest absolute Gasteiger partial charge is 0.351 e. The van der Waals surface area contributed by atoms with E-state index < -0.39 is 28.3 Å². The van der Waals surface area contributed by atoms with Gasteiger partial charge < -0.3 is 5.32 Å². The van der Waals surface area contributed by atoms with Crippen LogP contribution in [0.1, 0.15) is 5.56 Å². The lowest BCUT2D eigenvalue weighted by Gasteiger charge is -2.11. The van der Waals surface area contributed by atoms with Crippen LogP contribution >= 0.6 is 22.9 Å². The number of benzene rings is 2. The van der Waals surface area contributed by atoms with Gasteiger partial charge in [0.05, 0.1) is 16.5 Å². The van der Waals surface area contributed by atoms with Gasteiger partial charge in [0.2, 0.25) is 15.9 Å². The number of hydrogen-bond acceptors (Lipinski definition) is 4. The Morgan fingerprint density at radius 1 is 1.14 bits per heavy atom. The number of amides is 1. The van der Waals surface area contributed by atoms with Crippen molar-refractivity contribution in [2.24, 2.45) is 0 Å². The second-order valence-corrected chi connectivity index (χ2v) is 8.80. The first kappa shape index (κ1) is 20.5. The van der Waals surface area contributed by atoms with Gasteiger partial charge in [-0.1, -0.05) is 35.9 Å². The van der Waals surface area contributed by atoms with Crippen molar-refractivity contribution >= 4 is 38.9 Å². The molecule has 5 nitrogen and oxygen atoms in total. The standard InChI is InChI=1S/C19H16ClFN2O3S2/c20-17-9-15(5-6-18(17)21)28(25,26)23-11-19(24)22-10-13-3-1-2-4-16(13)14-7-8-27-12-14/h1-9,12,23H,10-11H2,(H,22,24). The fourth-order valence-electron chi connectivity index (χ4n) is 2.52. The van der Waals surface area contributed by atoms with Crippen LogP contribution in [0.4, 0.5) is 4.39 Å². The maximum Gasteiger partial charge on any atom is 0.241 e. The number of thiophene rings is 1. The summed E-state index contributed by atoms with van der Waals surface area (Å²) >= 11 is 7.19. The van der Waals surface area contributed by atoms with Crippen LogP contribution in [0.2, 0.25) is 5.02 Å². The van der Waals surface area contributed by atoms with Crippen molar-refractivity contribution in [2.45, 2.75) is 11.4 Å². The van der Waals surface area contributed by atoms with Gasteiger partial charge in [0.1, 0.15) is 5.82 Å². The molecule has 0 bridgehead atoms. The normalized spacial score (nSPS) is 11.4. The molecule has 28 heavy (non-hydrogen) atoms. The number of carbonyl (C=O) groups is 1. The molecule has 0 radical (unpaired) electrons. The Morgan fingerprint density at radius 3 is 2.64 bits per heavy atom. The van der Waals surface area contributed by atoms with Gasteiger partial charge in [0.25, 0.3) is 0 Å². The summed E-state index contributed by atoms with van der Waals surface area (Å²) in [5.74, 6) is -1.21. The lowest BCUT2D eigenvalue weighted by molar-refractivity contribution is -0.120. The van der Waals surface area contributed by atoms with E-state index in [0.717, 1.165) is 34.9 Å². The first-order chi connectivity index (χ1) is 13.4. The van der Waals surface area contributed by atoms with Crippen LogP contribution in [0.15, 0.2) is 64.2 Å². The minimum absolute atomic E-state index is 0.213. The Balaban J connectivity index is 1.60. The number of rotatable bonds is 7. The molecule has 0 aliphatic heterocycles. The van der Waals surface area contributed by atoms with Gasteiger partial charge in [-0.3, -0.25) is 4.79 Å². The molecule has 146 valence electrons. The summed E-state index contributed by atoms with van der Waals surface area (Å²) in [4.78, 5) is 11.9. The van der Waals surface area contributed by atoms with E-state index in [0.29, 0.717) is 0 Å². The molecule has 0 aliphatic carbocycles. The van der Waals surface area contributed by atoms with Gasteiger partial charge in [-0.15, -0.1) is 0 Å². The van der Waals surface area contributed by atoms with Gasteiger partial charge in [-0.05, 0) is 51.7 Å². The lowest BCUT2D eigenvalue weighted by atomic mass is 10.0. The summed E-state index contributed by atoms with van der Waals surface area (Å²) in [7, 11) is -3.98. The van der Waals surface area contributed by atoms with E-state index in [-0.39, 0.29) is 16.5 Å². The maximum atomic E-state index is 13.2. The highest BCUT2D eigenvalue weighted by atomic mass is 35.5. The summed E-state index contributed by atoms with van der Waals surface area (Å²) in [6, 6.07) is 12.7. The molecule has 3 aromatic rings. The van der Waals surface area contributed by atoms with Gasteiger partial charge in [-0.25, -0.2) is 17.5 Å². The van der Waals surface area contributed by atoms with Crippen LogP contribution in [-0.2, 0) is 21.4 Å². The molecule has 0 aliphatic rings. The van der Waals surface area contributed by atoms with Crippen molar-refractivity contribution in [3.8, 4) is 11.1 Å². The van der Waals surface area contributed by atoms with E-state index in [1.807, 2.05) is 41.1 Å². The van der Waals surface area contributed by atoms with Crippen molar-refractivity contribution in [3.05, 3.63) is 75.7 Å². The van der Waals surface area contributed by atoms with E-state index in [2.05, 4.69) is 10.0 Å². The van der Waals surface area contributed by atoms with E-state index >= 15 is 0 Å². The molecule has 0 atom stereocenters. The minimum Gasteiger partial charge on any atom is -0.351 e. The van der Waals surface area contributed by atoms with Crippen LogP contribution in [-0.4, -0.2) is 20.9 Å². The number of sulfonamides is 1. The van der Waals surface area contributed by atoms with Crippen LogP contribution in [0, 0.1) is 5.82 Å². The third-order valence-electron chi connectivity index (χ3n) is 3.95. The van der Waals surface area contributed by atoms with Crippen molar-refractivity contribution in [2.75, 3.05) is 6.54 Å². The molecule has 0 unspecified atom stereocenters. The zero-order chi connectivity index (χ0) is 20.1. The zero-order valence-electron chi connectivity index (χ0n) is 14.5. The Hall–Kier alpha value is -2.26. The summed E-state index contributed by atoms with van der Waals surface area (Å²) in [6.45, 7) is -0.188. The van der Waals surface area contributed by atoms with E-state index in [4.69, 9.17) is 11.6 Å². The zero-order valence-corrected chi connectivity index (χ0v) is 16.9. The number of hydrogen-bond donors (Lipinski definition) is 2. The molecule has 3 rings (SSSR count). The summed E-state index contributed by atoms with van der Waals surface area (Å²) in [6.07, 6.45) is 0. The Kier molecular flexibility index (Phi) is 6.46. The van der Waals surface area contributed by atoms with Gasteiger partial charge in [-0.2, -0.15) is 11.3 Å². The van der Waals surface area contributed by atoms with Crippen molar-refractivity contribution in [3.63, 3.8) is 0 Å². The molecule has 0 saturated carbocycles. The average Bonchev–Trinajstić information content (AvgIpc) is 3.21. The predicted molar refractivity (Wildman–Crippen MR) is 108 cm³/mol. The molecule has 0 spiro atoms. The SMILES string of the molecule is O=C(CNS(=O)(=O)c1ccc(F)c(Cl)c1)NCc1ccccc1-c1ccsc1. The third kappa shape index (κ3) is 4.96. The fourth-order valence-corrected chi connectivity index (χ4v) is 4.43. The maximum absolute atomic E-state index is 13.2. The minimum atomic E-state index is -3.98. The molecule has 1 amide bonds. The van der Waals surface area contributed by atoms with Crippen LogP contribution in [0.5, 0.6) is 0 Å². The topological polar surface area (TPSA) is 75.3 Å². The number of halogens is 2. The molecule has 0 fully saturated rings. The van der Waals surface area contributed by atoms with Gasteiger partial charge >= 0.3 is 0 Å². The highest BCUT2D eigenvalue weighted by Gasteiger charge is 2.17. The van der Waals surface area contributed by atoms with Crippen LogP contribution in [0.3, 0.4) is 0 Å². The molecule has 2 N–H and O–H groups in total. The van der Waals surface area contributed by atoms with E-state index in [9.17, 15) is 17.6 Å². The first-order valence-electron chi connectivity index (χ1n) is 8.19. The molecule has 0 saturated heterocycles. The smallest absolute Gasteiger partial charge is 0.241 e. The fraction of sp³-hybridized carbons (Fsp3) is 0.105. The molecule has 2 aromatic carbocycles. The van der Waals surface area contributed by atoms with Gasteiger partial charge in [0.15, 0.2) is 0 Å². The van der Waals surface area contributed by atoms with Crippen molar-refractivity contribution in [1.82, 2.24) is 10.0 Å². The second kappa shape index (κ2) is 8.83. The highest BCUT2D eigenvalue weighted by Crippen LogP contribution is 2.25. The number of nitrogens with one attached hydrogen (secondary N) is 2. The molecule has 9 heteroatoms. The first-order valence-corrected chi connectivity index (χ1v) is 11.0. The molecule has 1 heterocycles. The second-order valence-electron chi connectivity index (χ2n) is 5.85. The summed E-state index contributed by atoms with van der Waals surface area (Å²) < 4.78 is 39.8. The third-order valence-corrected chi connectivity index (χ3v) is 6.32. The molecular formula is C19H16ClFN2O3S2. The summed E-state index contributed by atoms with van der Waals surface area (Å²) in [5, 5.41) is 6.38. The highest BCUT2D eigenvalue weighted by molar-refractivity contribution is 7.89. The Morgan fingerprint density at radius 2 is 1.93 bits per heavy atom. The predicted octanol–water partition coefficient (Wildman–Crippen LogP) is 3.80. The van der Waals surface area contributed by atoms with Gasteiger partial charge in [0, 0.05) is 6.54 Å². The lowest BCUT2D eigenvalue weighted by Crippen LogP contribution is -2.36.